The Morgan fingerprint density at radius 1 is 1.12 bits per heavy atom. The molecular weight excluding hydrogens is 475 g/mol. The van der Waals surface area contributed by atoms with E-state index in [0.29, 0.717) is 10.0 Å². The van der Waals surface area contributed by atoms with Crippen LogP contribution in [0.4, 0.5) is 5.69 Å². The molecule has 0 amide bonds. The lowest BCUT2D eigenvalue weighted by Gasteiger charge is -2.24. The first-order valence-corrected chi connectivity index (χ1v) is 11.3. The quantitative estimate of drug-likeness (QED) is 0.225. The van der Waals surface area contributed by atoms with Crippen molar-refractivity contribution in [3.8, 4) is 0 Å². The van der Waals surface area contributed by atoms with Crippen LogP contribution in [0.3, 0.4) is 0 Å². The molecule has 1 saturated carbocycles. The minimum absolute atomic E-state index is 0.125. The maximum absolute atomic E-state index is 9.72. The van der Waals surface area contributed by atoms with Gasteiger partial charge in [-0.1, -0.05) is 53.5 Å². The fraction of sp³-hybridized carbons (Fsp3) is 0.348. The zero-order chi connectivity index (χ0) is 23.3. The van der Waals surface area contributed by atoms with Gasteiger partial charge in [0.1, 0.15) is 12.2 Å². The largest absolute Gasteiger partial charge is 0.481 e. The van der Waals surface area contributed by atoms with Crippen molar-refractivity contribution in [2.45, 2.75) is 37.6 Å². The van der Waals surface area contributed by atoms with E-state index in [4.69, 9.17) is 45.2 Å². The van der Waals surface area contributed by atoms with E-state index >= 15 is 0 Å². The number of halogens is 3. The molecule has 0 aromatic heterocycles. The van der Waals surface area contributed by atoms with E-state index in [-0.39, 0.29) is 17.7 Å². The fourth-order valence-corrected chi connectivity index (χ4v) is 4.60. The number of hydrogen-bond donors (Lipinski definition) is 4. The smallest absolute Gasteiger partial charge is 0.311 e. The summed E-state index contributed by atoms with van der Waals surface area (Å²) < 4.78 is 0. The molecule has 1 heterocycles. The molecule has 1 fully saturated rings. The third kappa shape index (κ3) is 6.09. The lowest BCUT2D eigenvalue weighted by atomic mass is 9.98. The zero-order valence-electron chi connectivity index (χ0n) is 17.4. The molecule has 2 aromatic carbocycles. The van der Waals surface area contributed by atoms with E-state index in [1.807, 2.05) is 24.3 Å². The van der Waals surface area contributed by atoms with E-state index in [2.05, 4.69) is 28.2 Å². The summed E-state index contributed by atoms with van der Waals surface area (Å²) >= 11 is 19.1. The van der Waals surface area contributed by atoms with Gasteiger partial charge in [-0.15, -0.1) is 0 Å². The summed E-state index contributed by atoms with van der Waals surface area (Å²) in [6.07, 6.45) is 3.76. The van der Waals surface area contributed by atoms with Crippen molar-refractivity contribution in [1.29, 1.82) is 0 Å². The number of carboxylic acids is 1. The van der Waals surface area contributed by atoms with E-state index in [1.54, 1.807) is 0 Å². The Kier molecular flexibility index (Phi) is 8.31. The third-order valence-electron chi connectivity index (χ3n) is 5.52. The second-order valence-corrected chi connectivity index (χ2v) is 9.09. The van der Waals surface area contributed by atoms with Crippen LogP contribution in [0.25, 0.3) is 0 Å². The molecule has 4 N–H and O–H groups in total. The summed E-state index contributed by atoms with van der Waals surface area (Å²) in [5, 5.41) is 25.0. The van der Waals surface area contributed by atoms with E-state index in [0.717, 1.165) is 55.0 Å². The fourth-order valence-electron chi connectivity index (χ4n) is 3.78. The van der Waals surface area contributed by atoms with Gasteiger partial charge >= 0.3 is 5.97 Å². The molecule has 0 bridgehead atoms. The van der Waals surface area contributed by atoms with Crippen LogP contribution >= 0.6 is 34.8 Å². The number of carboxylic acid groups (broad SMARTS) is 1. The van der Waals surface area contributed by atoms with Crippen LogP contribution < -0.4 is 10.6 Å². The second kappa shape index (κ2) is 10.8. The Balaban J connectivity index is 0.000000312. The maximum atomic E-state index is 9.72. The highest BCUT2D eigenvalue weighted by Crippen LogP contribution is 2.52. The molecule has 0 atom stereocenters. The van der Waals surface area contributed by atoms with Crippen LogP contribution in [-0.4, -0.2) is 29.4 Å². The average Bonchev–Trinajstić information content (AvgIpc) is 3.54. The number of anilines is 1. The van der Waals surface area contributed by atoms with Gasteiger partial charge in [0.25, 0.3) is 0 Å². The van der Waals surface area contributed by atoms with E-state index in [1.165, 1.54) is 11.1 Å². The lowest BCUT2D eigenvalue weighted by Crippen LogP contribution is -2.21. The van der Waals surface area contributed by atoms with Gasteiger partial charge in [-0.25, -0.2) is 5.26 Å². The number of rotatable bonds is 6. The second-order valence-electron chi connectivity index (χ2n) is 7.84. The first-order valence-electron chi connectivity index (χ1n) is 10.2. The van der Waals surface area contributed by atoms with Crippen LogP contribution in [0, 0.1) is 0 Å². The van der Waals surface area contributed by atoms with Crippen LogP contribution in [0.1, 0.15) is 36.0 Å². The average molecular weight is 500 g/mol. The van der Waals surface area contributed by atoms with Gasteiger partial charge in [0.2, 0.25) is 0 Å². The predicted molar refractivity (Wildman–Crippen MR) is 128 cm³/mol. The summed E-state index contributed by atoms with van der Waals surface area (Å²) in [4.78, 5) is 13.2. The number of fused-ring (bicyclic) bond motifs is 1. The van der Waals surface area contributed by atoms with Gasteiger partial charge in [-0.05, 0) is 73.7 Å². The Bertz CT molecular complexity index is 1010. The highest BCUT2D eigenvalue weighted by Gasteiger charge is 2.46. The van der Waals surface area contributed by atoms with Gasteiger partial charge < -0.3 is 20.6 Å². The molecule has 0 spiro atoms. The number of nitrogens with one attached hydrogen (secondary N) is 2. The molecule has 4 rings (SSSR count). The monoisotopic (exact) mass is 498 g/mol. The number of hydrogen-bond acceptors (Lipinski definition) is 5. The van der Waals surface area contributed by atoms with Gasteiger partial charge in [0.15, 0.2) is 0 Å². The number of aliphatic carboxylic acids is 1. The summed E-state index contributed by atoms with van der Waals surface area (Å²) in [5.74, 6) is -1.25. The van der Waals surface area contributed by atoms with Crippen LogP contribution in [0.5, 0.6) is 0 Å². The Hall–Kier alpha value is -1.96. The Morgan fingerprint density at radius 2 is 1.84 bits per heavy atom. The summed E-state index contributed by atoms with van der Waals surface area (Å²) in [6, 6.07) is 9.92. The molecule has 172 valence electrons. The van der Waals surface area contributed by atoms with E-state index < -0.39 is 5.97 Å². The summed E-state index contributed by atoms with van der Waals surface area (Å²) in [7, 11) is 0. The molecule has 6 nitrogen and oxygen atoms in total. The van der Waals surface area contributed by atoms with Crippen LogP contribution in [-0.2, 0) is 28.1 Å². The van der Waals surface area contributed by atoms with Crippen LogP contribution in [0.15, 0.2) is 42.7 Å². The minimum atomic E-state index is -1.08. The van der Waals surface area contributed by atoms with Crippen molar-refractivity contribution in [1.82, 2.24) is 5.32 Å². The van der Waals surface area contributed by atoms with Gasteiger partial charge in [0, 0.05) is 10.0 Å². The van der Waals surface area contributed by atoms with Crippen LogP contribution in [0.2, 0.25) is 15.1 Å². The van der Waals surface area contributed by atoms with Crippen molar-refractivity contribution in [3.63, 3.8) is 0 Å². The maximum Gasteiger partial charge on any atom is 0.311 e. The number of carbonyl (C=O) groups is 1. The molecule has 2 aliphatic rings. The van der Waals surface area contributed by atoms with Gasteiger partial charge in [-0.2, -0.15) is 0 Å². The van der Waals surface area contributed by atoms with Crippen molar-refractivity contribution < 1.29 is 20.0 Å². The van der Waals surface area contributed by atoms with Gasteiger partial charge in [-0.3, -0.25) is 4.79 Å². The third-order valence-corrected chi connectivity index (χ3v) is 6.38. The normalized spacial score (nSPS) is 16.0. The van der Waals surface area contributed by atoms with Crippen molar-refractivity contribution >= 4 is 46.5 Å². The summed E-state index contributed by atoms with van der Waals surface area (Å²) in [5.41, 5.74) is 4.77. The molecular formula is C23H25Cl3N2O4. The minimum Gasteiger partial charge on any atom is -0.481 e. The molecule has 1 aliphatic carbocycles. The standard InChI is InChI=1S/C19H19Cl3N2.C4H6O4/c20-13-2-3-15(17(22)11-13)19(7-8-19)24-18-14-6-10-23-9-5-12(14)1-4-16(18)21;1-3(8-7)2-4(5)6/h1-4,11,23-24H,5-10H2;7H,1-2H2,(H,5,6). The molecule has 0 unspecified atom stereocenters. The molecule has 32 heavy (non-hydrogen) atoms. The highest BCUT2D eigenvalue weighted by atomic mass is 35.5. The Morgan fingerprint density at radius 3 is 2.44 bits per heavy atom. The Labute approximate surface area is 202 Å². The first-order chi connectivity index (χ1) is 15.3. The SMILES string of the molecule is C=C(CC(=O)O)OO.Clc1ccc(C2(Nc3c(Cl)ccc4c3CCNCC4)CC2)c(Cl)c1. The topological polar surface area (TPSA) is 90.8 Å². The molecule has 9 heteroatoms. The van der Waals surface area contributed by atoms with Crippen molar-refractivity contribution in [3.05, 3.63) is 74.4 Å². The predicted octanol–water partition coefficient (Wildman–Crippen LogP) is 5.90. The van der Waals surface area contributed by atoms with Crippen molar-refractivity contribution in [2.24, 2.45) is 0 Å². The van der Waals surface area contributed by atoms with E-state index in [9.17, 15) is 4.79 Å². The molecule has 1 aliphatic heterocycles. The summed E-state index contributed by atoms with van der Waals surface area (Å²) in [6.45, 7) is 5.06. The molecule has 2 aromatic rings. The van der Waals surface area contributed by atoms with Crippen molar-refractivity contribution in [2.75, 3.05) is 18.4 Å². The van der Waals surface area contributed by atoms with Gasteiger partial charge in [0.05, 0.1) is 16.2 Å². The lowest BCUT2D eigenvalue weighted by molar-refractivity contribution is -0.206. The first kappa shape index (κ1) is 24.7. The molecule has 0 saturated heterocycles. The molecule has 0 radical (unpaired) electrons. The highest BCUT2D eigenvalue weighted by molar-refractivity contribution is 6.35. The number of benzene rings is 2. The zero-order valence-corrected chi connectivity index (χ0v) is 19.7.